The van der Waals surface area contributed by atoms with Crippen LogP contribution in [0, 0.1) is 5.92 Å². The Labute approximate surface area is 123 Å². The number of carbonyl (C=O) groups is 2. The minimum atomic E-state index is -0.792. The molecule has 1 aliphatic rings. The molecule has 0 aliphatic carbocycles. The van der Waals surface area contributed by atoms with E-state index < -0.39 is 5.97 Å². The monoisotopic (exact) mass is 292 g/mol. The van der Waals surface area contributed by atoms with Crippen molar-refractivity contribution in [1.29, 1.82) is 0 Å². The Bertz CT molecular complexity index is 544. The third-order valence-corrected chi connectivity index (χ3v) is 3.80. The van der Waals surface area contributed by atoms with Gasteiger partial charge >= 0.3 is 5.97 Å². The first-order chi connectivity index (χ1) is 10.0. The molecular formula is C15H20N2O4. The van der Waals surface area contributed by atoms with Gasteiger partial charge in [-0.3, -0.25) is 9.59 Å². The maximum atomic E-state index is 12.5. The molecule has 6 heteroatoms. The van der Waals surface area contributed by atoms with Gasteiger partial charge in [0.2, 0.25) is 0 Å². The third-order valence-electron chi connectivity index (χ3n) is 3.80. The van der Waals surface area contributed by atoms with Crippen molar-refractivity contribution in [2.75, 3.05) is 25.9 Å². The maximum Gasteiger partial charge on any atom is 0.303 e. The van der Waals surface area contributed by atoms with Crippen LogP contribution in [0.25, 0.3) is 0 Å². The Morgan fingerprint density at radius 3 is 2.90 bits per heavy atom. The third kappa shape index (κ3) is 3.65. The predicted molar refractivity (Wildman–Crippen MR) is 78.3 cm³/mol. The highest BCUT2D eigenvalue weighted by molar-refractivity contribution is 5.97. The summed E-state index contributed by atoms with van der Waals surface area (Å²) in [6, 6.07) is 4.97. The number of nitrogens with zero attached hydrogens (tertiary/aromatic N) is 1. The van der Waals surface area contributed by atoms with Gasteiger partial charge < -0.3 is 20.5 Å². The van der Waals surface area contributed by atoms with Gasteiger partial charge in [-0.2, -0.15) is 0 Å². The molecule has 1 aliphatic heterocycles. The van der Waals surface area contributed by atoms with Gasteiger partial charge in [0.1, 0.15) is 5.75 Å². The summed E-state index contributed by atoms with van der Waals surface area (Å²) in [6.07, 6.45) is 1.60. The number of hydrogen-bond acceptors (Lipinski definition) is 4. The molecule has 0 radical (unpaired) electrons. The summed E-state index contributed by atoms with van der Waals surface area (Å²) in [5.41, 5.74) is 6.72. The van der Waals surface area contributed by atoms with E-state index in [0.29, 0.717) is 36.5 Å². The van der Waals surface area contributed by atoms with Crippen LogP contribution in [0.5, 0.6) is 5.75 Å². The molecule has 1 unspecified atom stereocenters. The lowest BCUT2D eigenvalue weighted by molar-refractivity contribution is -0.137. The Morgan fingerprint density at radius 1 is 1.48 bits per heavy atom. The molecule has 1 atom stereocenters. The molecule has 0 spiro atoms. The summed E-state index contributed by atoms with van der Waals surface area (Å²) in [4.78, 5) is 24.9. The second kappa shape index (κ2) is 6.47. The molecule has 1 heterocycles. The lowest BCUT2D eigenvalue weighted by Gasteiger charge is -2.18. The number of nitrogen functional groups attached to an aromatic ring is 1. The van der Waals surface area contributed by atoms with Crippen LogP contribution in [0.15, 0.2) is 18.2 Å². The summed E-state index contributed by atoms with van der Waals surface area (Å²) in [5.74, 6) is -0.163. The number of amides is 1. The van der Waals surface area contributed by atoms with Gasteiger partial charge in [0.15, 0.2) is 0 Å². The van der Waals surface area contributed by atoms with Crippen molar-refractivity contribution in [1.82, 2.24) is 4.90 Å². The minimum absolute atomic E-state index is 0.0929. The number of carboxylic acid groups (broad SMARTS) is 1. The van der Waals surface area contributed by atoms with Crippen LogP contribution < -0.4 is 10.5 Å². The first-order valence-electron chi connectivity index (χ1n) is 6.96. The van der Waals surface area contributed by atoms with Crippen molar-refractivity contribution < 1.29 is 19.4 Å². The topological polar surface area (TPSA) is 92.9 Å². The van der Waals surface area contributed by atoms with Gasteiger partial charge in [-0.05, 0) is 30.9 Å². The molecule has 3 N–H and O–H groups in total. The predicted octanol–water partition coefficient (Wildman–Crippen LogP) is 1.60. The number of likely N-dealkylation sites (tertiary alicyclic amines) is 1. The van der Waals surface area contributed by atoms with E-state index in [1.54, 1.807) is 23.1 Å². The highest BCUT2D eigenvalue weighted by Crippen LogP contribution is 2.27. The highest BCUT2D eigenvalue weighted by atomic mass is 16.5. The van der Waals surface area contributed by atoms with Crippen molar-refractivity contribution in [3.63, 3.8) is 0 Å². The average molecular weight is 292 g/mol. The summed E-state index contributed by atoms with van der Waals surface area (Å²) in [7, 11) is 1.51. The Hall–Kier alpha value is -2.24. The van der Waals surface area contributed by atoms with Gasteiger partial charge in [0.05, 0.1) is 12.7 Å². The van der Waals surface area contributed by atoms with Crippen LogP contribution in [-0.2, 0) is 4.79 Å². The zero-order chi connectivity index (χ0) is 15.4. The SMILES string of the molecule is COc1cc(N)ccc1C(=O)N1CCC(CCC(=O)O)C1. The molecule has 1 amide bonds. The number of hydrogen-bond donors (Lipinski definition) is 2. The van der Waals surface area contributed by atoms with Crippen LogP contribution in [0.3, 0.4) is 0 Å². The number of benzene rings is 1. The van der Waals surface area contributed by atoms with Crippen LogP contribution >= 0.6 is 0 Å². The lowest BCUT2D eigenvalue weighted by atomic mass is 10.0. The van der Waals surface area contributed by atoms with Crippen LogP contribution in [-0.4, -0.2) is 42.1 Å². The molecular weight excluding hydrogens is 272 g/mol. The zero-order valence-electron chi connectivity index (χ0n) is 12.0. The van der Waals surface area contributed by atoms with E-state index in [9.17, 15) is 9.59 Å². The second-order valence-electron chi connectivity index (χ2n) is 5.30. The minimum Gasteiger partial charge on any atom is -0.496 e. The van der Waals surface area contributed by atoms with Gasteiger partial charge in [-0.15, -0.1) is 0 Å². The molecule has 1 aromatic rings. The number of methoxy groups -OCH3 is 1. The number of aliphatic carboxylic acids is 1. The lowest BCUT2D eigenvalue weighted by Crippen LogP contribution is -2.29. The fourth-order valence-electron chi connectivity index (χ4n) is 2.64. The van der Waals surface area contributed by atoms with Crippen molar-refractivity contribution in [2.24, 2.45) is 5.92 Å². The number of carbonyl (C=O) groups excluding carboxylic acids is 1. The number of anilines is 1. The summed E-state index contributed by atoms with van der Waals surface area (Å²) in [5, 5.41) is 8.71. The molecule has 0 bridgehead atoms. The molecule has 0 aromatic heterocycles. The van der Waals surface area contributed by atoms with Crippen LogP contribution in [0.4, 0.5) is 5.69 Å². The van der Waals surface area contributed by atoms with Crippen molar-refractivity contribution in [3.05, 3.63) is 23.8 Å². The van der Waals surface area contributed by atoms with E-state index >= 15 is 0 Å². The van der Waals surface area contributed by atoms with Gasteiger partial charge in [-0.25, -0.2) is 0 Å². The molecule has 0 saturated carbocycles. The quantitative estimate of drug-likeness (QED) is 0.804. The summed E-state index contributed by atoms with van der Waals surface area (Å²) < 4.78 is 5.21. The van der Waals surface area contributed by atoms with Gasteiger partial charge in [-0.1, -0.05) is 0 Å². The summed E-state index contributed by atoms with van der Waals surface area (Å²) in [6.45, 7) is 1.25. The fourth-order valence-corrected chi connectivity index (χ4v) is 2.64. The smallest absolute Gasteiger partial charge is 0.303 e. The zero-order valence-corrected chi connectivity index (χ0v) is 12.0. The van der Waals surface area contributed by atoms with Crippen molar-refractivity contribution in [2.45, 2.75) is 19.3 Å². The molecule has 6 nitrogen and oxygen atoms in total. The fraction of sp³-hybridized carbons (Fsp3) is 0.467. The van der Waals surface area contributed by atoms with Crippen molar-refractivity contribution >= 4 is 17.6 Å². The van der Waals surface area contributed by atoms with Gasteiger partial charge in [0.25, 0.3) is 5.91 Å². The molecule has 114 valence electrons. The highest BCUT2D eigenvalue weighted by Gasteiger charge is 2.28. The first kappa shape index (κ1) is 15.2. The van der Waals surface area contributed by atoms with E-state index in [4.69, 9.17) is 15.6 Å². The van der Waals surface area contributed by atoms with E-state index in [2.05, 4.69) is 0 Å². The number of ether oxygens (including phenoxy) is 1. The van der Waals surface area contributed by atoms with E-state index in [-0.39, 0.29) is 18.2 Å². The first-order valence-corrected chi connectivity index (χ1v) is 6.96. The number of rotatable bonds is 5. The normalized spacial score (nSPS) is 17.8. The Morgan fingerprint density at radius 2 is 2.24 bits per heavy atom. The molecule has 1 fully saturated rings. The van der Waals surface area contributed by atoms with E-state index in [1.165, 1.54) is 7.11 Å². The molecule has 21 heavy (non-hydrogen) atoms. The number of nitrogens with two attached hydrogens (primary N) is 1. The molecule has 1 saturated heterocycles. The molecule has 1 aromatic carbocycles. The van der Waals surface area contributed by atoms with Gasteiger partial charge in [0, 0.05) is 31.3 Å². The largest absolute Gasteiger partial charge is 0.496 e. The molecule has 2 rings (SSSR count). The second-order valence-corrected chi connectivity index (χ2v) is 5.30. The standard InChI is InChI=1S/C15H20N2O4/c1-21-13-8-11(16)3-4-12(13)15(20)17-7-6-10(9-17)2-5-14(18)19/h3-4,8,10H,2,5-7,9,16H2,1H3,(H,18,19). The van der Waals surface area contributed by atoms with Crippen LogP contribution in [0.2, 0.25) is 0 Å². The number of carboxylic acids is 1. The van der Waals surface area contributed by atoms with Crippen molar-refractivity contribution in [3.8, 4) is 5.75 Å². The maximum absolute atomic E-state index is 12.5. The Kier molecular flexibility index (Phi) is 4.67. The van der Waals surface area contributed by atoms with E-state index in [1.807, 2.05) is 0 Å². The van der Waals surface area contributed by atoms with E-state index in [0.717, 1.165) is 6.42 Å². The Balaban J connectivity index is 2.03. The van der Waals surface area contributed by atoms with Crippen LogP contribution in [0.1, 0.15) is 29.6 Å². The summed E-state index contributed by atoms with van der Waals surface area (Å²) >= 11 is 0. The average Bonchev–Trinajstić information content (AvgIpc) is 2.93.